The number of para-hydroxylation sites is 2. The van der Waals surface area contributed by atoms with Crippen LogP contribution in [-0.2, 0) is 94.4 Å². The van der Waals surface area contributed by atoms with Gasteiger partial charge in [-0.3, -0.25) is 62.3 Å². The van der Waals surface area contributed by atoms with Crippen molar-refractivity contribution < 1.29 is 77.6 Å². The molecule has 0 unspecified atom stereocenters. The van der Waals surface area contributed by atoms with Gasteiger partial charge in [0.05, 0.1) is 25.3 Å². The van der Waals surface area contributed by atoms with Crippen LogP contribution in [0.3, 0.4) is 0 Å². The summed E-state index contributed by atoms with van der Waals surface area (Å²) in [6, 6.07) is 9.15. The molecule has 0 aliphatic heterocycles. The number of nitrogens with zero attached hydrogens (tertiary/aromatic N) is 1. The second-order valence-electron chi connectivity index (χ2n) is 27.4. The molecule has 608 valence electrons. The summed E-state index contributed by atoms with van der Waals surface area (Å²) in [5, 5.41) is 60.6. The Labute approximate surface area is 661 Å². The van der Waals surface area contributed by atoms with E-state index in [-0.39, 0.29) is 81.7 Å². The number of amides is 12. The highest BCUT2D eigenvalue weighted by atomic mass is 32.1. The molecule has 3 aromatic heterocycles. The summed E-state index contributed by atoms with van der Waals surface area (Å²) >= 11 is 8.51. The maximum Gasteiger partial charge on any atom is 0.305 e. The first-order valence-corrected chi connectivity index (χ1v) is 38.2. The molecule has 7 rings (SSSR count). The number of carbonyl (C=O) groups is 13. The second kappa shape index (κ2) is 44.5. The molecule has 0 saturated heterocycles. The lowest BCUT2D eigenvalue weighted by molar-refractivity contribution is -0.141. The lowest BCUT2D eigenvalue weighted by Crippen LogP contribution is -2.62. The summed E-state index contributed by atoms with van der Waals surface area (Å²) in [6.45, 7) is 3.28. The van der Waals surface area contributed by atoms with E-state index in [4.69, 9.17) is 22.9 Å². The molecule has 0 aliphatic rings. The highest BCUT2D eigenvalue weighted by Gasteiger charge is 2.39. The number of aromatic hydroxyl groups is 2. The Bertz CT molecular complexity index is 4390. The van der Waals surface area contributed by atoms with Crippen molar-refractivity contribution in [3.63, 3.8) is 0 Å². The molecule has 0 bridgehead atoms. The zero-order valence-corrected chi connectivity index (χ0v) is 64.3. The third kappa shape index (κ3) is 27.4. The van der Waals surface area contributed by atoms with Crippen LogP contribution in [0.25, 0.3) is 21.8 Å². The lowest BCUT2D eigenvalue weighted by Gasteiger charge is -2.29. The van der Waals surface area contributed by atoms with E-state index in [9.17, 15) is 68.1 Å². The number of unbranched alkanes of at least 4 members (excludes halogenated alkanes) is 2. The van der Waals surface area contributed by atoms with Gasteiger partial charge < -0.3 is 112 Å². The molecule has 37 heteroatoms. The molecule has 0 radical (unpaired) electrons. The van der Waals surface area contributed by atoms with Gasteiger partial charge >= 0.3 is 5.97 Å². The summed E-state index contributed by atoms with van der Waals surface area (Å²) in [6.07, 6.45) is 5.30. The van der Waals surface area contributed by atoms with Crippen LogP contribution in [0.5, 0.6) is 11.5 Å². The molecule has 25 N–H and O–H groups in total. The Morgan fingerprint density at radius 1 is 0.460 bits per heavy atom. The van der Waals surface area contributed by atoms with Crippen LogP contribution >= 0.6 is 25.3 Å². The number of benzene rings is 4. The molecule has 7 aromatic rings. The van der Waals surface area contributed by atoms with Gasteiger partial charge in [0.1, 0.15) is 71.9 Å². The number of nitrogens with one attached hydrogen (secondary N) is 14. The zero-order valence-electron chi connectivity index (χ0n) is 62.5. The summed E-state index contributed by atoms with van der Waals surface area (Å²) in [5.41, 5.74) is 26.4. The fourth-order valence-corrected chi connectivity index (χ4v) is 12.7. The minimum Gasteiger partial charge on any atom is -0.508 e. The number of carboxylic acids is 1. The molecule has 0 spiro atoms. The number of aromatic amines is 3. The van der Waals surface area contributed by atoms with Gasteiger partial charge in [0.15, 0.2) is 0 Å². The van der Waals surface area contributed by atoms with Crippen molar-refractivity contribution in [2.75, 3.05) is 31.1 Å². The van der Waals surface area contributed by atoms with Crippen molar-refractivity contribution in [2.24, 2.45) is 28.9 Å². The summed E-state index contributed by atoms with van der Waals surface area (Å²) < 4.78 is 0. The molecule has 35 nitrogen and oxygen atoms in total. The number of carboxylic acid groups (broad SMARTS) is 1. The number of imidazole rings is 1. The van der Waals surface area contributed by atoms with Crippen molar-refractivity contribution in [2.45, 2.75) is 164 Å². The molecule has 113 heavy (non-hydrogen) atoms. The second-order valence-corrected chi connectivity index (χ2v) is 28.1. The van der Waals surface area contributed by atoms with Crippen LogP contribution in [0.15, 0.2) is 122 Å². The Morgan fingerprint density at radius 3 is 1.30 bits per heavy atom. The first kappa shape index (κ1) is 88.7. The number of phenols is 2. The number of nitrogens with two attached hydrogens (primary N) is 4. The van der Waals surface area contributed by atoms with E-state index in [0.29, 0.717) is 75.4 Å². The number of aromatic nitrogens is 4. The van der Waals surface area contributed by atoms with Crippen LogP contribution in [0.4, 0.5) is 0 Å². The minimum atomic E-state index is -1.85. The van der Waals surface area contributed by atoms with E-state index < -0.39 is 168 Å². The molecule has 4 aromatic carbocycles. The van der Waals surface area contributed by atoms with Gasteiger partial charge in [-0.2, -0.15) is 25.3 Å². The van der Waals surface area contributed by atoms with E-state index in [1.807, 2.05) is 0 Å². The number of hydrogen-bond acceptors (Lipinski definition) is 21. The number of rotatable bonds is 47. The van der Waals surface area contributed by atoms with Crippen molar-refractivity contribution in [1.82, 2.24) is 78.4 Å². The normalized spacial score (nSPS) is 14.4. The van der Waals surface area contributed by atoms with Gasteiger partial charge in [0.2, 0.25) is 70.9 Å². The van der Waals surface area contributed by atoms with Gasteiger partial charge in [0, 0.05) is 89.7 Å². The van der Waals surface area contributed by atoms with Crippen molar-refractivity contribution >= 4 is 124 Å². The summed E-state index contributed by atoms with van der Waals surface area (Å²) in [4.78, 5) is 197. The smallest absolute Gasteiger partial charge is 0.305 e. The standard InChI is InChI=1S/C76H101N19O16S2/c1-3-41(2)65(76(111)93-56(67(102)84-37-63(80)98)28-42-18-22-47(96)23-19-42)95-74(109)60(32-46-36-81-40-85-46)91-72(107)59(31-45-35-83-53-15-7-5-13-50(45)53)89-70(105)57(29-43-20-24-48(97)25-21-43)88-75(110)62(39-113)94-69(104)55(17-9-11-27-78)87-71(106)58(30-44-34-82-52-14-6-4-12-49(44)52)90-73(108)61(33-64(99)100)92-68(103)54(16-8-10-26-77)86-66(101)51(79)38-112/h4-7,12-15,18-25,34-36,40-41,51,54-62,65,82-83,96-97,112-113H,3,8-11,16-17,26-33,37-39,77-79H2,1-2H3,(H2,80,98)(H,81,85)(H,84,102)(H,86,101)(H,87,106)(H,88,110)(H,89,105)(H,90,108)(H,91,107)(H,92,103)(H,93,111)(H,94,104)(H,95,109)(H,99,100)/t41-,51-,54-,55-,56-,57-,58-,59-,60-,61-,62-,65-/m0/s1. The van der Waals surface area contributed by atoms with Crippen molar-refractivity contribution in [3.05, 3.63) is 150 Å². The number of hydrogen-bond donors (Lipinski definition) is 23. The highest BCUT2D eigenvalue weighted by Crippen LogP contribution is 2.23. The molecule has 0 fully saturated rings. The maximum absolute atomic E-state index is 15.3. The van der Waals surface area contributed by atoms with Crippen LogP contribution in [0.1, 0.15) is 93.2 Å². The number of thiol groups is 2. The number of fused-ring (bicyclic) bond motifs is 2. The fourth-order valence-electron chi connectivity index (χ4n) is 12.3. The third-order valence-corrected chi connectivity index (χ3v) is 19.6. The molecule has 12 amide bonds. The SMILES string of the molecule is CC[C@H](C)[C@H](NC(=O)[C@H](Cc1cnc[nH]1)NC(=O)[C@H](Cc1c[nH]c2ccccc12)NC(=O)[C@H](Cc1ccc(O)cc1)NC(=O)[C@H](CS)NC(=O)[C@H](CCCCN)NC(=O)[C@H](Cc1c[nH]c2ccccc12)NC(=O)[C@H](CC(=O)O)NC(=O)[C@H](CCCCN)NC(=O)[C@@H](N)CS)C(=O)N[C@@H](Cc1ccc(O)cc1)C(=O)NCC(N)=O. The Morgan fingerprint density at radius 2 is 0.858 bits per heavy atom. The van der Waals surface area contributed by atoms with Crippen LogP contribution in [0.2, 0.25) is 0 Å². The van der Waals surface area contributed by atoms with Crippen LogP contribution < -0.4 is 81.4 Å². The van der Waals surface area contributed by atoms with E-state index >= 15 is 9.59 Å². The largest absolute Gasteiger partial charge is 0.508 e. The Balaban J connectivity index is 1.16. The average molecular weight is 1600 g/mol. The number of primary amides is 1. The number of carbonyl (C=O) groups excluding carboxylic acids is 12. The predicted octanol–water partition coefficient (Wildman–Crippen LogP) is -1.29. The van der Waals surface area contributed by atoms with Gasteiger partial charge in [-0.25, -0.2) is 4.98 Å². The summed E-state index contributed by atoms with van der Waals surface area (Å²) in [5.74, 6) is -13.9. The first-order valence-electron chi connectivity index (χ1n) is 36.9. The highest BCUT2D eigenvalue weighted by molar-refractivity contribution is 7.80. The molecule has 3 heterocycles. The lowest BCUT2D eigenvalue weighted by atomic mass is 9.96. The van der Waals surface area contributed by atoms with Crippen LogP contribution in [0, 0.1) is 5.92 Å². The third-order valence-electron chi connectivity index (χ3n) is 18.8. The molecule has 0 saturated carbocycles. The van der Waals surface area contributed by atoms with Crippen molar-refractivity contribution in [1.29, 1.82) is 0 Å². The topological polar surface area (TPSA) is 579 Å². The van der Waals surface area contributed by atoms with E-state index in [0.717, 1.165) is 0 Å². The van der Waals surface area contributed by atoms with Gasteiger partial charge in [0.25, 0.3) is 0 Å². The molecule has 0 aliphatic carbocycles. The minimum absolute atomic E-state index is 0.0186. The Kier molecular flexibility index (Phi) is 34.9. The average Bonchev–Trinajstić information content (AvgIpc) is 1.71. The van der Waals surface area contributed by atoms with E-state index in [1.165, 1.54) is 61.1 Å². The van der Waals surface area contributed by atoms with Crippen LogP contribution in [-0.4, -0.2) is 210 Å². The summed E-state index contributed by atoms with van der Waals surface area (Å²) in [7, 11) is 0. The quantitative estimate of drug-likeness (QED) is 0.0156. The number of aliphatic carboxylic acids is 1. The van der Waals surface area contributed by atoms with E-state index in [2.05, 4.69) is 104 Å². The fraction of sp³-hybridized carbons (Fsp3) is 0.421. The van der Waals surface area contributed by atoms with E-state index in [1.54, 1.807) is 74.8 Å². The first-order chi connectivity index (χ1) is 54.1. The molecular formula is C76H101N19O16S2. The zero-order chi connectivity index (χ0) is 82.3. The number of H-pyrrole nitrogens is 3. The maximum atomic E-state index is 15.3. The predicted molar refractivity (Wildman–Crippen MR) is 425 cm³/mol. The van der Waals surface area contributed by atoms with Gasteiger partial charge in [-0.1, -0.05) is 80.9 Å². The van der Waals surface area contributed by atoms with Crippen molar-refractivity contribution in [3.8, 4) is 11.5 Å². The molecule has 12 atom stereocenters. The molecular weight excluding hydrogens is 1500 g/mol. The monoisotopic (exact) mass is 1600 g/mol. The van der Waals surface area contributed by atoms with Gasteiger partial charge in [-0.15, -0.1) is 0 Å². The number of phenolic OH excluding ortho intramolecular Hbond substituents is 2. The van der Waals surface area contributed by atoms with Gasteiger partial charge in [-0.05, 0) is 116 Å². The Hall–Kier alpha value is -11.5.